The largest absolute Gasteiger partial charge is 0.512 e. The van der Waals surface area contributed by atoms with Crippen LogP contribution in [0.4, 0.5) is 0 Å². The Balaban J connectivity index is 0.000000394. The number of hydrogen-bond donors (Lipinski definition) is 1. The number of carbonyl (C=O) groups excluding carboxylic acids is 1. The molecule has 0 spiro atoms. The van der Waals surface area contributed by atoms with E-state index in [4.69, 9.17) is 10.1 Å². The average Bonchev–Trinajstić information content (AvgIpc) is 3.32. The second kappa shape index (κ2) is 12.0. The third-order valence-electron chi connectivity index (χ3n) is 6.48. The van der Waals surface area contributed by atoms with Gasteiger partial charge in [-0.2, -0.15) is 0 Å². The fraction of sp³-hybridized carbons (Fsp3) is 0.118. The minimum atomic E-state index is -0.125. The molecule has 39 heavy (non-hydrogen) atoms. The molecule has 197 valence electrons. The summed E-state index contributed by atoms with van der Waals surface area (Å²) in [5, 5.41) is 14.4. The Hall–Kier alpha value is -3.63. The zero-order valence-corrected chi connectivity index (χ0v) is 25.4. The van der Waals surface area contributed by atoms with Gasteiger partial charge in [0.05, 0.1) is 5.76 Å². The van der Waals surface area contributed by atoms with Gasteiger partial charge in [-0.25, -0.2) is 0 Å². The predicted molar refractivity (Wildman–Crippen MR) is 161 cm³/mol. The Labute approximate surface area is 246 Å². The number of benzene rings is 4. The molecule has 6 aromatic rings. The van der Waals surface area contributed by atoms with Crippen molar-refractivity contribution < 1.29 is 30.0 Å². The molecule has 2 heterocycles. The SMILES string of the molecule is CC(=O)/C=C(/C)O.Cc1cccc(C)c1-c1cc2ccnc(-c3[c-]c4ccccc4c4ccccc34)c2s1.[Ir]. The smallest absolute Gasteiger partial charge is 0.155 e. The van der Waals surface area contributed by atoms with E-state index in [1.807, 2.05) is 17.5 Å². The van der Waals surface area contributed by atoms with Crippen LogP contribution < -0.4 is 0 Å². The molecule has 3 nitrogen and oxygen atoms in total. The fourth-order valence-electron chi connectivity index (χ4n) is 4.92. The van der Waals surface area contributed by atoms with E-state index in [1.165, 1.54) is 67.7 Å². The molecule has 2 aromatic heterocycles. The molecule has 0 aliphatic carbocycles. The van der Waals surface area contributed by atoms with Crippen molar-refractivity contribution in [1.82, 2.24) is 4.98 Å². The first-order valence-electron chi connectivity index (χ1n) is 12.5. The van der Waals surface area contributed by atoms with E-state index in [0.717, 1.165) is 16.6 Å². The summed E-state index contributed by atoms with van der Waals surface area (Å²) in [5.41, 5.74) is 6.05. The molecule has 0 aliphatic heterocycles. The van der Waals surface area contributed by atoms with E-state index in [-0.39, 0.29) is 31.6 Å². The van der Waals surface area contributed by atoms with Gasteiger partial charge in [-0.3, -0.25) is 9.78 Å². The van der Waals surface area contributed by atoms with Gasteiger partial charge in [-0.15, -0.1) is 28.9 Å². The van der Waals surface area contributed by atoms with Crippen molar-refractivity contribution in [2.75, 3.05) is 0 Å². The fourth-order valence-corrected chi connectivity index (χ4v) is 6.24. The first kappa shape index (κ1) is 28.4. The molecule has 0 bridgehead atoms. The number of ketones is 1. The number of aryl methyl sites for hydroxylation is 2. The summed E-state index contributed by atoms with van der Waals surface area (Å²) in [5.74, 6) is -0.0625. The molecule has 1 radical (unpaired) electrons. The zero-order valence-electron chi connectivity index (χ0n) is 22.2. The van der Waals surface area contributed by atoms with E-state index < -0.39 is 0 Å². The molecule has 0 saturated carbocycles. The van der Waals surface area contributed by atoms with Crippen LogP contribution in [0.3, 0.4) is 0 Å². The van der Waals surface area contributed by atoms with Crippen LogP contribution in [0.2, 0.25) is 0 Å². The zero-order chi connectivity index (χ0) is 26.8. The third-order valence-corrected chi connectivity index (χ3v) is 7.66. The van der Waals surface area contributed by atoms with Gasteiger partial charge in [0.25, 0.3) is 0 Å². The third kappa shape index (κ3) is 5.86. The van der Waals surface area contributed by atoms with Crippen LogP contribution in [-0.2, 0) is 24.9 Å². The first-order valence-corrected chi connectivity index (χ1v) is 13.3. The number of aromatic nitrogens is 1. The van der Waals surface area contributed by atoms with Crippen LogP contribution >= 0.6 is 11.3 Å². The molecule has 6 rings (SSSR count). The van der Waals surface area contributed by atoms with Crippen molar-refractivity contribution in [1.29, 1.82) is 0 Å². The number of fused-ring (bicyclic) bond motifs is 4. The standard InChI is InChI=1S/C29H20NS.C5H8O2.Ir/c1-18-8-7-9-19(2)27(18)26-17-21-14-15-30-28(29(21)31-26)25-16-20-10-3-4-11-22(20)23-12-5-6-13-24(23)25;1-4(6)3-5(2)7;/h3-15,17H,1-2H3;3,6H,1-2H3;/q-1;;/b;4-3-;. The van der Waals surface area contributed by atoms with Gasteiger partial charge >= 0.3 is 0 Å². The minimum Gasteiger partial charge on any atom is -0.512 e. The molecule has 0 unspecified atom stereocenters. The summed E-state index contributed by atoms with van der Waals surface area (Å²) in [6, 6.07) is 31.7. The maximum absolute atomic E-state index is 10.0. The number of allylic oxidation sites excluding steroid dienone is 2. The van der Waals surface area contributed by atoms with E-state index in [2.05, 4.69) is 98.8 Å². The number of nitrogens with zero attached hydrogens (tertiary/aromatic N) is 1. The van der Waals surface area contributed by atoms with Crippen LogP contribution in [0.15, 0.2) is 96.9 Å². The molecular weight excluding hydrogens is 679 g/mol. The molecule has 0 amide bonds. The molecule has 0 aliphatic rings. The van der Waals surface area contributed by atoms with Crippen LogP contribution in [0.1, 0.15) is 25.0 Å². The van der Waals surface area contributed by atoms with Gasteiger partial charge in [-0.05, 0) is 61.9 Å². The number of hydrogen-bond acceptors (Lipinski definition) is 4. The van der Waals surface area contributed by atoms with Crippen LogP contribution in [0.25, 0.3) is 53.3 Å². The van der Waals surface area contributed by atoms with Crippen molar-refractivity contribution in [2.24, 2.45) is 0 Å². The summed E-state index contributed by atoms with van der Waals surface area (Å²) in [6.07, 6.45) is 3.09. The summed E-state index contributed by atoms with van der Waals surface area (Å²) in [4.78, 5) is 16.2. The van der Waals surface area contributed by atoms with Gasteiger partial charge < -0.3 is 5.11 Å². The summed E-state index contributed by atoms with van der Waals surface area (Å²) < 4.78 is 1.22. The number of rotatable bonds is 3. The minimum absolute atomic E-state index is 0. The van der Waals surface area contributed by atoms with Crippen molar-refractivity contribution in [3.8, 4) is 21.7 Å². The number of thiophene rings is 1. The molecule has 0 saturated heterocycles. The topological polar surface area (TPSA) is 50.2 Å². The van der Waals surface area contributed by atoms with Crippen LogP contribution in [-0.4, -0.2) is 15.9 Å². The Morgan fingerprint density at radius 2 is 1.51 bits per heavy atom. The number of carbonyl (C=O) groups is 1. The maximum atomic E-state index is 10.0. The average molecular weight is 707 g/mol. The predicted octanol–water partition coefficient (Wildman–Crippen LogP) is 9.39. The Kier molecular flexibility index (Phi) is 8.76. The maximum Gasteiger partial charge on any atom is 0.155 e. The van der Waals surface area contributed by atoms with Crippen LogP contribution in [0, 0.1) is 19.9 Å². The van der Waals surface area contributed by atoms with Crippen molar-refractivity contribution in [3.63, 3.8) is 0 Å². The Morgan fingerprint density at radius 3 is 2.15 bits per heavy atom. The number of pyridine rings is 1. The first-order chi connectivity index (χ1) is 18.3. The molecule has 0 fully saturated rings. The quantitative estimate of drug-likeness (QED) is 0.0864. The van der Waals surface area contributed by atoms with Crippen LogP contribution in [0.5, 0.6) is 0 Å². The Morgan fingerprint density at radius 1 is 0.872 bits per heavy atom. The number of aliphatic hydroxyl groups excluding tert-OH is 1. The van der Waals surface area contributed by atoms with Gasteiger partial charge in [-0.1, -0.05) is 82.4 Å². The second-order valence-electron chi connectivity index (χ2n) is 9.44. The summed E-state index contributed by atoms with van der Waals surface area (Å²) >= 11 is 1.83. The number of aliphatic hydroxyl groups is 1. The van der Waals surface area contributed by atoms with Gasteiger partial charge in [0.2, 0.25) is 0 Å². The Bertz CT molecular complexity index is 1830. The molecule has 0 atom stereocenters. The summed E-state index contributed by atoms with van der Waals surface area (Å²) in [7, 11) is 0. The van der Waals surface area contributed by atoms with Gasteiger partial charge in [0, 0.05) is 47.6 Å². The van der Waals surface area contributed by atoms with Crippen molar-refractivity contribution in [2.45, 2.75) is 27.7 Å². The van der Waals surface area contributed by atoms with Crippen molar-refractivity contribution in [3.05, 3.63) is 114 Å². The van der Waals surface area contributed by atoms with E-state index in [1.54, 1.807) is 0 Å². The van der Waals surface area contributed by atoms with Crippen molar-refractivity contribution >= 4 is 48.8 Å². The van der Waals surface area contributed by atoms with Gasteiger partial charge in [0.1, 0.15) is 0 Å². The normalized spacial score (nSPS) is 11.2. The molecular formula is C34H28IrNO2S-. The van der Waals surface area contributed by atoms with Gasteiger partial charge in [0.15, 0.2) is 5.78 Å². The molecule has 5 heteroatoms. The van der Waals surface area contributed by atoms with E-state index in [0.29, 0.717) is 0 Å². The summed E-state index contributed by atoms with van der Waals surface area (Å²) in [6.45, 7) is 7.23. The van der Waals surface area contributed by atoms with E-state index in [9.17, 15) is 4.79 Å². The monoisotopic (exact) mass is 707 g/mol. The second-order valence-corrected chi connectivity index (χ2v) is 10.5. The molecule has 1 N–H and O–H groups in total. The molecule has 4 aromatic carbocycles. The van der Waals surface area contributed by atoms with E-state index >= 15 is 0 Å².